The minimum atomic E-state index is -0.399. The maximum Gasteiger partial charge on any atom is 0.430 e. The monoisotopic (exact) mass is 401 g/mol. The average Bonchev–Trinajstić information content (AvgIpc) is 3.33. The van der Waals surface area contributed by atoms with E-state index in [0.29, 0.717) is 17.3 Å². The first-order valence-electron chi connectivity index (χ1n) is 9.78. The second-order valence-corrected chi connectivity index (χ2v) is 7.67. The van der Waals surface area contributed by atoms with Gasteiger partial charge in [0.05, 0.1) is 12.8 Å². The second-order valence-electron chi connectivity index (χ2n) is 7.23. The summed E-state index contributed by atoms with van der Waals surface area (Å²) < 4.78 is 11.2. The molecule has 7 heteroatoms. The van der Waals surface area contributed by atoms with Gasteiger partial charge in [-0.1, -0.05) is 18.0 Å². The molecule has 6 nitrogen and oxygen atoms in total. The summed E-state index contributed by atoms with van der Waals surface area (Å²) in [5.41, 5.74) is 0.933. The van der Waals surface area contributed by atoms with Crippen LogP contribution in [-0.2, 0) is 4.74 Å². The van der Waals surface area contributed by atoms with Crippen molar-refractivity contribution in [1.82, 2.24) is 9.91 Å². The molecule has 28 heavy (non-hydrogen) atoms. The van der Waals surface area contributed by atoms with Crippen molar-refractivity contribution in [3.63, 3.8) is 0 Å². The molecule has 0 spiro atoms. The lowest BCUT2D eigenvalue weighted by atomic mass is 10.1. The number of carbonyl (C=O) groups is 1. The van der Waals surface area contributed by atoms with Crippen molar-refractivity contribution in [3.05, 3.63) is 47.2 Å². The fourth-order valence-corrected chi connectivity index (χ4v) is 3.71. The molecule has 1 amide bonds. The van der Waals surface area contributed by atoms with Crippen molar-refractivity contribution in [2.24, 2.45) is 5.10 Å². The minimum Gasteiger partial charge on any atom is -0.455 e. The molecule has 1 aromatic heterocycles. The van der Waals surface area contributed by atoms with Gasteiger partial charge in [0.1, 0.15) is 17.6 Å². The number of amides is 1. The van der Waals surface area contributed by atoms with E-state index in [1.54, 1.807) is 6.21 Å². The quantitative estimate of drug-likeness (QED) is 0.662. The van der Waals surface area contributed by atoms with Crippen LogP contribution in [0.3, 0.4) is 0 Å². The molecular weight excluding hydrogens is 378 g/mol. The smallest absolute Gasteiger partial charge is 0.430 e. The van der Waals surface area contributed by atoms with E-state index in [1.807, 2.05) is 36.4 Å². The van der Waals surface area contributed by atoms with Gasteiger partial charge in [0.2, 0.25) is 0 Å². The van der Waals surface area contributed by atoms with Crippen LogP contribution in [0, 0.1) is 0 Å². The van der Waals surface area contributed by atoms with Gasteiger partial charge in [0.25, 0.3) is 0 Å². The van der Waals surface area contributed by atoms with Gasteiger partial charge < -0.3 is 14.1 Å². The topological polar surface area (TPSA) is 58.3 Å². The standard InChI is InChI=1S/C21H24ClN3O3/c22-17-6-4-16(5-7-17)20-9-8-18(27-20)14-23-25-15-19(28-21(25)26)10-13-24-11-2-1-3-12-24/h4-9,14,19H,1-3,10-13,15H2. The fraction of sp³-hybridized carbons (Fsp3) is 0.429. The number of cyclic esters (lactones) is 1. The molecule has 148 valence electrons. The van der Waals surface area contributed by atoms with E-state index in [2.05, 4.69) is 10.0 Å². The van der Waals surface area contributed by atoms with Gasteiger partial charge in [-0.15, -0.1) is 0 Å². The van der Waals surface area contributed by atoms with Crippen LogP contribution in [0.2, 0.25) is 5.02 Å². The highest BCUT2D eigenvalue weighted by molar-refractivity contribution is 6.30. The molecule has 2 aromatic rings. The van der Waals surface area contributed by atoms with E-state index in [4.69, 9.17) is 20.8 Å². The number of benzene rings is 1. The SMILES string of the molecule is O=C1OC(CCN2CCCCC2)CN1N=Cc1ccc(-c2ccc(Cl)cc2)o1. The van der Waals surface area contributed by atoms with Crippen LogP contribution in [0.15, 0.2) is 45.9 Å². The Hall–Kier alpha value is -2.31. The van der Waals surface area contributed by atoms with Crippen LogP contribution in [-0.4, -0.2) is 54.5 Å². The number of halogens is 1. The first-order chi connectivity index (χ1) is 13.7. The van der Waals surface area contributed by atoms with Gasteiger partial charge in [-0.3, -0.25) is 0 Å². The molecule has 2 aliphatic rings. The van der Waals surface area contributed by atoms with Gasteiger partial charge >= 0.3 is 6.09 Å². The summed E-state index contributed by atoms with van der Waals surface area (Å²) >= 11 is 5.91. The number of hydrazone groups is 1. The predicted molar refractivity (Wildman–Crippen MR) is 109 cm³/mol. The van der Waals surface area contributed by atoms with E-state index < -0.39 is 6.09 Å². The Balaban J connectivity index is 1.30. The van der Waals surface area contributed by atoms with Crippen molar-refractivity contribution in [2.75, 3.05) is 26.2 Å². The van der Waals surface area contributed by atoms with E-state index >= 15 is 0 Å². The van der Waals surface area contributed by atoms with E-state index in [-0.39, 0.29) is 6.10 Å². The number of likely N-dealkylation sites (tertiary alicyclic amines) is 1. The average molecular weight is 402 g/mol. The molecule has 0 bridgehead atoms. The Morgan fingerprint density at radius 3 is 2.68 bits per heavy atom. The summed E-state index contributed by atoms with van der Waals surface area (Å²) in [7, 11) is 0. The molecule has 0 aliphatic carbocycles. The van der Waals surface area contributed by atoms with Crippen LogP contribution in [0.5, 0.6) is 0 Å². The summed E-state index contributed by atoms with van der Waals surface area (Å²) in [6.07, 6.45) is 5.75. The highest BCUT2D eigenvalue weighted by atomic mass is 35.5. The largest absolute Gasteiger partial charge is 0.455 e. The van der Waals surface area contributed by atoms with Gasteiger partial charge in [-0.25, -0.2) is 4.79 Å². The summed E-state index contributed by atoms with van der Waals surface area (Å²) in [4.78, 5) is 14.5. The number of hydrogen-bond donors (Lipinski definition) is 0. The zero-order valence-electron chi connectivity index (χ0n) is 15.7. The molecular formula is C21H24ClN3O3. The Morgan fingerprint density at radius 2 is 1.89 bits per heavy atom. The summed E-state index contributed by atoms with van der Waals surface area (Å²) in [6.45, 7) is 3.75. The maximum atomic E-state index is 12.0. The summed E-state index contributed by atoms with van der Waals surface area (Å²) in [6, 6.07) is 11.1. The highest BCUT2D eigenvalue weighted by Crippen LogP contribution is 2.23. The Bertz CT molecular complexity index is 828. The molecule has 1 aromatic carbocycles. The highest BCUT2D eigenvalue weighted by Gasteiger charge is 2.31. The lowest BCUT2D eigenvalue weighted by molar-refractivity contribution is 0.118. The lowest BCUT2D eigenvalue weighted by Crippen LogP contribution is -2.33. The molecule has 4 rings (SSSR count). The number of rotatable bonds is 6. The number of hydrogen-bond acceptors (Lipinski definition) is 5. The fourth-order valence-electron chi connectivity index (χ4n) is 3.58. The molecule has 0 saturated carbocycles. The maximum absolute atomic E-state index is 12.0. The number of ether oxygens (including phenoxy) is 1. The van der Waals surface area contributed by atoms with E-state index in [1.165, 1.54) is 24.3 Å². The normalized spacial score (nSPS) is 20.8. The zero-order valence-corrected chi connectivity index (χ0v) is 16.5. The van der Waals surface area contributed by atoms with Crippen molar-refractivity contribution >= 4 is 23.9 Å². The van der Waals surface area contributed by atoms with Gasteiger partial charge in [-0.2, -0.15) is 10.1 Å². The molecule has 1 atom stereocenters. The van der Waals surface area contributed by atoms with Gasteiger partial charge in [0, 0.05) is 17.1 Å². The zero-order chi connectivity index (χ0) is 19.3. The third-order valence-corrected chi connectivity index (χ3v) is 5.40. The van der Waals surface area contributed by atoms with Crippen molar-refractivity contribution in [3.8, 4) is 11.3 Å². The molecule has 3 heterocycles. The molecule has 1 unspecified atom stereocenters. The van der Waals surface area contributed by atoms with E-state index in [0.717, 1.165) is 37.4 Å². The lowest BCUT2D eigenvalue weighted by Gasteiger charge is -2.26. The Kier molecular flexibility index (Phi) is 5.98. The van der Waals surface area contributed by atoms with E-state index in [9.17, 15) is 4.79 Å². The minimum absolute atomic E-state index is 0.104. The second kappa shape index (κ2) is 8.80. The number of piperidine rings is 1. The third kappa shape index (κ3) is 4.75. The summed E-state index contributed by atoms with van der Waals surface area (Å²) in [5, 5.41) is 6.29. The summed E-state index contributed by atoms with van der Waals surface area (Å²) in [5.74, 6) is 1.30. The van der Waals surface area contributed by atoms with Crippen molar-refractivity contribution < 1.29 is 13.9 Å². The third-order valence-electron chi connectivity index (χ3n) is 5.15. The van der Waals surface area contributed by atoms with Gasteiger partial charge in [0.15, 0.2) is 0 Å². The number of furan rings is 1. The van der Waals surface area contributed by atoms with Crippen LogP contribution >= 0.6 is 11.6 Å². The number of carbonyl (C=O) groups excluding carboxylic acids is 1. The first kappa shape index (κ1) is 19.0. The van der Waals surface area contributed by atoms with Crippen LogP contribution < -0.4 is 0 Å². The van der Waals surface area contributed by atoms with Crippen molar-refractivity contribution in [1.29, 1.82) is 0 Å². The van der Waals surface area contributed by atoms with Crippen LogP contribution in [0.4, 0.5) is 4.79 Å². The van der Waals surface area contributed by atoms with Crippen LogP contribution in [0.25, 0.3) is 11.3 Å². The predicted octanol–water partition coefficient (Wildman–Crippen LogP) is 4.63. The molecule has 2 aliphatic heterocycles. The Labute approximate surface area is 169 Å². The van der Waals surface area contributed by atoms with Gasteiger partial charge in [-0.05, 0) is 68.8 Å². The van der Waals surface area contributed by atoms with Crippen LogP contribution in [0.1, 0.15) is 31.4 Å². The molecule has 0 N–H and O–H groups in total. The number of nitrogens with zero attached hydrogens (tertiary/aromatic N) is 3. The molecule has 2 fully saturated rings. The molecule has 2 saturated heterocycles. The Morgan fingerprint density at radius 1 is 1.11 bits per heavy atom. The van der Waals surface area contributed by atoms with Crippen molar-refractivity contribution in [2.45, 2.75) is 31.8 Å². The molecule has 0 radical (unpaired) electrons. The first-order valence-corrected chi connectivity index (χ1v) is 10.2.